The molecule has 1 N–H and O–H groups in total. The molecule has 0 bridgehead atoms. The van der Waals surface area contributed by atoms with Crippen LogP contribution in [-0.2, 0) is 13.0 Å². The first-order valence-corrected chi connectivity index (χ1v) is 7.25. The first-order valence-electron chi connectivity index (χ1n) is 6.88. The topological polar surface area (TPSA) is 50.2 Å². The third kappa shape index (κ3) is 2.43. The Kier molecular flexibility index (Phi) is 3.69. The first kappa shape index (κ1) is 14.1. The number of fused-ring (bicyclic) bond motifs is 1. The zero-order valence-electron chi connectivity index (χ0n) is 12.1. The average molecular weight is 305 g/mol. The largest absolute Gasteiger partial charge is 0.373 e. The van der Waals surface area contributed by atoms with Gasteiger partial charge in [0.2, 0.25) is 0 Å². The Hall–Kier alpha value is -1.85. The van der Waals surface area contributed by atoms with E-state index in [1.165, 1.54) is 0 Å². The highest BCUT2D eigenvalue weighted by Crippen LogP contribution is 2.27. The normalized spacial score (nSPS) is 14.8. The molecule has 2 heterocycles. The molecule has 0 fully saturated rings. The van der Waals surface area contributed by atoms with E-state index in [4.69, 9.17) is 11.6 Å². The number of rotatable bonds is 2. The van der Waals surface area contributed by atoms with Crippen LogP contribution in [0.25, 0.3) is 5.69 Å². The molecule has 0 spiro atoms. The number of nitrogens with zero attached hydrogens (tertiary/aromatic N) is 3. The van der Waals surface area contributed by atoms with Crippen molar-refractivity contribution in [2.75, 3.05) is 26.0 Å². The van der Waals surface area contributed by atoms with Crippen molar-refractivity contribution in [3.05, 3.63) is 51.0 Å². The lowest BCUT2D eigenvalue weighted by molar-refractivity contribution is 0.303. The molecule has 2 aromatic rings. The minimum absolute atomic E-state index is 0.304. The van der Waals surface area contributed by atoms with E-state index in [0.29, 0.717) is 23.1 Å². The van der Waals surface area contributed by atoms with Gasteiger partial charge in [0.05, 0.1) is 10.7 Å². The van der Waals surface area contributed by atoms with Crippen molar-refractivity contribution in [3.8, 4) is 5.69 Å². The smallest absolute Gasteiger partial charge is 0.354 e. The van der Waals surface area contributed by atoms with Crippen LogP contribution in [0.15, 0.2) is 29.1 Å². The van der Waals surface area contributed by atoms with Gasteiger partial charge in [-0.15, -0.1) is 0 Å². The summed E-state index contributed by atoms with van der Waals surface area (Å²) in [7, 11) is 3.84. The Morgan fingerprint density at radius 1 is 1.33 bits per heavy atom. The molecule has 0 amide bonds. The lowest BCUT2D eigenvalue weighted by Gasteiger charge is -2.28. The number of halogens is 1. The molecule has 1 aromatic carbocycles. The summed E-state index contributed by atoms with van der Waals surface area (Å²) in [5.41, 5.74) is 2.43. The average Bonchev–Trinajstić information content (AvgIpc) is 2.47. The predicted molar refractivity (Wildman–Crippen MR) is 84.4 cm³/mol. The number of hydrogen-bond acceptors (Lipinski definition) is 4. The van der Waals surface area contributed by atoms with Gasteiger partial charge in [-0.05, 0) is 25.6 Å². The van der Waals surface area contributed by atoms with Gasteiger partial charge in [-0.1, -0.05) is 23.7 Å². The maximum absolute atomic E-state index is 12.5. The third-order valence-electron chi connectivity index (χ3n) is 3.80. The summed E-state index contributed by atoms with van der Waals surface area (Å²) in [6, 6.07) is 7.36. The van der Waals surface area contributed by atoms with Crippen molar-refractivity contribution in [3.63, 3.8) is 0 Å². The Balaban J connectivity index is 2.31. The lowest BCUT2D eigenvalue weighted by atomic mass is 10.1. The van der Waals surface area contributed by atoms with E-state index in [0.717, 1.165) is 24.2 Å². The van der Waals surface area contributed by atoms with Gasteiger partial charge < -0.3 is 10.2 Å². The molecule has 0 radical (unpaired) electrons. The van der Waals surface area contributed by atoms with E-state index in [2.05, 4.69) is 15.2 Å². The van der Waals surface area contributed by atoms with Crippen LogP contribution >= 0.6 is 11.6 Å². The fraction of sp³-hybridized carbons (Fsp3) is 0.333. The summed E-state index contributed by atoms with van der Waals surface area (Å²) < 4.78 is 1.63. The molecule has 110 valence electrons. The van der Waals surface area contributed by atoms with Crippen molar-refractivity contribution in [2.45, 2.75) is 13.0 Å². The number of nitrogens with one attached hydrogen (secondary N) is 1. The zero-order valence-corrected chi connectivity index (χ0v) is 12.8. The molecule has 3 rings (SSSR count). The molecule has 0 atom stereocenters. The van der Waals surface area contributed by atoms with E-state index in [1.807, 2.05) is 25.2 Å². The van der Waals surface area contributed by atoms with Crippen molar-refractivity contribution >= 4 is 17.4 Å². The Morgan fingerprint density at radius 3 is 2.81 bits per heavy atom. The maximum Gasteiger partial charge on any atom is 0.354 e. The Labute approximate surface area is 128 Å². The highest BCUT2D eigenvalue weighted by atomic mass is 35.5. The molecular formula is C15H17ClN4O. The second-order valence-electron chi connectivity index (χ2n) is 5.19. The van der Waals surface area contributed by atoms with Crippen molar-refractivity contribution in [1.29, 1.82) is 0 Å². The van der Waals surface area contributed by atoms with Gasteiger partial charge in [-0.3, -0.25) is 4.57 Å². The summed E-state index contributed by atoms with van der Waals surface area (Å²) >= 11 is 6.27. The standard InChI is InChI=1S/C15H17ClN4O/c1-17-14-10-7-8-19(2)9-13(10)20(15(21)18-14)12-6-4-3-5-11(12)16/h3-6H,7-9H2,1-2H3,(H,17,18,21). The number of hydrogen-bond donors (Lipinski definition) is 1. The molecule has 0 aliphatic carbocycles. The summed E-state index contributed by atoms with van der Waals surface area (Å²) in [4.78, 5) is 18.8. The van der Waals surface area contributed by atoms with Gasteiger partial charge in [-0.25, -0.2) is 4.79 Å². The maximum atomic E-state index is 12.5. The van der Waals surface area contributed by atoms with Crippen molar-refractivity contribution in [1.82, 2.24) is 14.5 Å². The zero-order chi connectivity index (χ0) is 15.0. The molecule has 1 aromatic heterocycles. The highest BCUT2D eigenvalue weighted by Gasteiger charge is 2.23. The Morgan fingerprint density at radius 2 is 2.10 bits per heavy atom. The number of anilines is 1. The number of para-hydroxylation sites is 1. The van der Waals surface area contributed by atoms with E-state index < -0.39 is 0 Å². The van der Waals surface area contributed by atoms with Gasteiger partial charge in [0, 0.05) is 31.4 Å². The highest BCUT2D eigenvalue weighted by molar-refractivity contribution is 6.32. The van der Waals surface area contributed by atoms with Gasteiger partial charge in [0.15, 0.2) is 0 Å². The summed E-state index contributed by atoms with van der Waals surface area (Å²) in [5.74, 6) is 0.673. The third-order valence-corrected chi connectivity index (χ3v) is 4.12. The monoisotopic (exact) mass is 304 g/mol. The molecule has 1 aliphatic heterocycles. The predicted octanol–water partition coefficient (Wildman–Crippen LogP) is 1.92. The van der Waals surface area contributed by atoms with Crippen LogP contribution in [0.3, 0.4) is 0 Å². The van der Waals surface area contributed by atoms with Crippen LogP contribution in [0.1, 0.15) is 11.3 Å². The van der Waals surface area contributed by atoms with Gasteiger partial charge in [0.25, 0.3) is 0 Å². The number of benzene rings is 1. The fourth-order valence-corrected chi connectivity index (χ4v) is 2.97. The minimum atomic E-state index is -0.304. The quantitative estimate of drug-likeness (QED) is 0.921. The minimum Gasteiger partial charge on any atom is -0.373 e. The van der Waals surface area contributed by atoms with E-state index >= 15 is 0 Å². The molecule has 6 heteroatoms. The van der Waals surface area contributed by atoms with E-state index in [9.17, 15) is 4.79 Å². The van der Waals surface area contributed by atoms with Crippen LogP contribution in [0.5, 0.6) is 0 Å². The molecule has 0 unspecified atom stereocenters. The fourth-order valence-electron chi connectivity index (χ4n) is 2.75. The van der Waals surface area contributed by atoms with Gasteiger partial charge in [0.1, 0.15) is 5.82 Å². The van der Waals surface area contributed by atoms with Gasteiger partial charge >= 0.3 is 5.69 Å². The molecular weight excluding hydrogens is 288 g/mol. The van der Waals surface area contributed by atoms with Crippen LogP contribution in [0.2, 0.25) is 5.02 Å². The van der Waals surface area contributed by atoms with E-state index in [1.54, 1.807) is 17.7 Å². The number of aromatic nitrogens is 2. The van der Waals surface area contributed by atoms with E-state index in [-0.39, 0.29) is 5.69 Å². The number of likely N-dealkylation sites (N-methyl/N-ethyl adjacent to an activating group) is 1. The van der Waals surface area contributed by atoms with Crippen LogP contribution in [0.4, 0.5) is 5.82 Å². The summed E-state index contributed by atoms with van der Waals surface area (Å²) in [5, 5.41) is 3.58. The Bertz CT molecular complexity index is 741. The van der Waals surface area contributed by atoms with Crippen molar-refractivity contribution in [2.24, 2.45) is 0 Å². The molecule has 21 heavy (non-hydrogen) atoms. The SMILES string of the molecule is CNc1nc(=O)n(-c2ccccc2Cl)c2c1CCN(C)C2. The van der Waals surface area contributed by atoms with Crippen LogP contribution in [-0.4, -0.2) is 35.1 Å². The molecule has 1 aliphatic rings. The van der Waals surface area contributed by atoms with Crippen LogP contribution < -0.4 is 11.0 Å². The molecule has 5 nitrogen and oxygen atoms in total. The summed E-state index contributed by atoms with van der Waals surface area (Å²) in [6.07, 6.45) is 0.861. The van der Waals surface area contributed by atoms with Crippen molar-refractivity contribution < 1.29 is 0 Å². The van der Waals surface area contributed by atoms with Gasteiger partial charge in [-0.2, -0.15) is 4.98 Å². The second kappa shape index (κ2) is 5.50. The summed E-state index contributed by atoms with van der Waals surface area (Å²) in [6.45, 7) is 1.65. The van der Waals surface area contributed by atoms with Crippen LogP contribution in [0, 0.1) is 0 Å². The molecule has 0 saturated carbocycles. The molecule has 0 saturated heterocycles. The second-order valence-corrected chi connectivity index (χ2v) is 5.60. The lowest BCUT2D eigenvalue weighted by Crippen LogP contribution is -2.36. The first-order chi connectivity index (χ1) is 10.1.